The zero-order valence-corrected chi connectivity index (χ0v) is 11.7. The first-order chi connectivity index (χ1) is 8.75. The van der Waals surface area contributed by atoms with Crippen molar-refractivity contribution in [2.45, 2.75) is 51.2 Å². The third-order valence-corrected chi connectivity index (χ3v) is 3.94. The molecule has 18 heavy (non-hydrogen) atoms. The minimum Gasteiger partial charge on any atom is -0.336 e. The van der Waals surface area contributed by atoms with Crippen LogP contribution in [0, 0.1) is 0 Å². The van der Waals surface area contributed by atoms with E-state index >= 15 is 0 Å². The van der Waals surface area contributed by atoms with E-state index in [-0.39, 0.29) is 0 Å². The van der Waals surface area contributed by atoms with Gasteiger partial charge in [0.2, 0.25) is 0 Å². The van der Waals surface area contributed by atoms with Crippen LogP contribution >= 0.6 is 0 Å². The molecule has 0 aromatic carbocycles. The molecule has 1 N–H and O–H groups in total. The monoisotopic (exact) mass is 250 g/mol. The highest BCUT2D eigenvalue weighted by Crippen LogP contribution is 2.17. The highest BCUT2D eigenvalue weighted by molar-refractivity contribution is 4.78. The minimum absolute atomic E-state index is 0.507. The van der Waals surface area contributed by atoms with Crippen molar-refractivity contribution in [1.29, 1.82) is 0 Å². The number of rotatable bonds is 6. The Morgan fingerprint density at radius 3 is 3.06 bits per heavy atom. The Morgan fingerprint density at radius 2 is 2.33 bits per heavy atom. The van der Waals surface area contributed by atoms with Gasteiger partial charge in [-0.25, -0.2) is 4.98 Å². The molecule has 0 spiro atoms. The average molecular weight is 250 g/mol. The predicted octanol–water partition coefficient (Wildman–Crippen LogP) is 1.74. The first-order valence-corrected chi connectivity index (χ1v) is 7.15. The molecule has 2 unspecified atom stereocenters. The number of piperidine rings is 1. The largest absolute Gasteiger partial charge is 0.336 e. The highest BCUT2D eigenvalue weighted by atomic mass is 15.1. The van der Waals surface area contributed by atoms with E-state index < -0.39 is 0 Å². The lowest BCUT2D eigenvalue weighted by molar-refractivity contribution is 0.174. The molecule has 1 aliphatic heterocycles. The summed E-state index contributed by atoms with van der Waals surface area (Å²) in [6, 6.07) is 1.29. The number of hydrogen-bond donors (Lipinski definition) is 1. The van der Waals surface area contributed by atoms with Crippen molar-refractivity contribution in [3.8, 4) is 0 Å². The van der Waals surface area contributed by atoms with Crippen LogP contribution in [0.1, 0.15) is 32.6 Å². The van der Waals surface area contributed by atoms with E-state index in [1.807, 2.05) is 18.7 Å². The summed E-state index contributed by atoms with van der Waals surface area (Å²) in [5.74, 6) is 0. The molecule has 2 atom stereocenters. The Hall–Kier alpha value is -0.870. The van der Waals surface area contributed by atoms with Gasteiger partial charge >= 0.3 is 0 Å². The van der Waals surface area contributed by atoms with Crippen molar-refractivity contribution in [3.63, 3.8) is 0 Å². The Morgan fingerprint density at radius 1 is 1.44 bits per heavy atom. The van der Waals surface area contributed by atoms with E-state index in [2.05, 4.69) is 33.7 Å². The van der Waals surface area contributed by atoms with Crippen LogP contribution in [0.2, 0.25) is 0 Å². The molecule has 0 radical (unpaired) electrons. The molecule has 2 rings (SSSR count). The van der Waals surface area contributed by atoms with Gasteiger partial charge < -0.3 is 14.8 Å². The predicted molar refractivity (Wildman–Crippen MR) is 74.6 cm³/mol. The second-order valence-electron chi connectivity index (χ2n) is 5.53. The van der Waals surface area contributed by atoms with Gasteiger partial charge in [0.25, 0.3) is 0 Å². The summed E-state index contributed by atoms with van der Waals surface area (Å²) in [7, 11) is 2.26. The fourth-order valence-electron chi connectivity index (χ4n) is 2.78. The van der Waals surface area contributed by atoms with Crippen LogP contribution in [0.25, 0.3) is 0 Å². The summed E-state index contributed by atoms with van der Waals surface area (Å²) >= 11 is 0. The topological polar surface area (TPSA) is 33.1 Å². The minimum atomic E-state index is 0.507. The molecule has 1 aromatic heterocycles. The van der Waals surface area contributed by atoms with Gasteiger partial charge in [-0.3, -0.25) is 0 Å². The molecule has 1 aromatic rings. The molecule has 0 bridgehead atoms. The van der Waals surface area contributed by atoms with Crippen LogP contribution in [0.5, 0.6) is 0 Å². The van der Waals surface area contributed by atoms with Crippen molar-refractivity contribution >= 4 is 0 Å². The number of nitrogens with one attached hydrogen (secondary N) is 1. The molecule has 4 heteroatoms. The Bertz CT molecular complexity index is 323. The lowest BCUT2D eigenvalue weighted by Gasteiger charge is -2.32. The number of imidazole rings is 1. The molecule has 1 saturated heterocycles. The van der Waals surface area contributed by atoms with Crippen LogP contribution in [0.15, 0.2) is 18.7 Å². The van der Waals surface area contributed by atoms with Crippen LogP contribution in [0.3, 0.4) is 0 Å². The zero-order chi connectivity index (χ0) is 12.8. The second-order valence-corrected chi connectivity index (χ2v) is 5.53. The molecular weight excluding hydrogens is 224 g/mol. The molecule has 4 nitrogen and oxygen atoms in total. The van der Waals surface area contributed by atoms with Crippen LogP contribution in [0.4, 0.5) is 0 Å². The van der Waals surface area contributed by atoms with Gasteiger partial charge in [0.15, 0.2) is 0 Å². The maximum atomic E-state index is 4.07. The quantitative estimate of drug-likeness (QED) is 0.835. The molecule has 2 heterocycles. The fourth-order valence-corrected chi connectivity index (χ4v) is 2.78. The van der Waals surface area contributed by atoms with E-state index in [1.54, 1.807) is 0 Å². The maximum absolute atomic E-state index is 4.07. The average Bonchev–Trinajstić information content (AvgIpc) is 2.84. The summed E-state index contributed by atoms with van der Waals surface area (Å²) in [5, 5.41) is 3.61. The number of nitrogens with zero attached hydrogens (tertiary/aromatic N) is 3. The van der Waals surface area contributed by atoms with E-state index in [9.17, 15) is 0 Å². The summed E-state index contributed by atoms with van der Waals surface area (Å²) in [5.41, 5.74) is 0. The molecule has 0 amide bonds. The third kappa shape index (κ3) is 4.10. The highest BCUT2D eigenvalue weighted by Gasteiger charge is 2.18. The van der Waals surface area contributed by atoms with Crippen molar-refractivity contribution in [2.75, 3.05) is 20.1 Å². The lowest BCUT2D eigenvalue weighted by atomic mass is 10.00. The van der Waals surface area contributed by atoms with Gasteiger partial charge in [0, 0.05) is 31.0 Å². The number of hydrogen-bond acceptors (Lipinski definition) is 3. The summed E-state index contributed by atoms with van der Waals surface area (Å²) in [4.78, 5) is 6.59. The Kier molecular flexibility index (Phi) is 5.20. The first-order valence-electron chi connectivity index (χ1n) is 7.15. The van der Waals surface area contributed by atoms with Crippen molar-refractivity contribution in [3.05, 3.63) is 18.7 Å². The Labute approximate surface area is 110 Å². The van der Waals surface area contributed by atoms with Gasteiger partial charge in [-0.05, 0) is 46.3 Å². The lowest BCUT2D eigenvalue weighted by Crippen LogP contribution is -2.40. The SMILES string of the molecule is CC(Cn1ccnc1)NCCC1CCCCN1C. The van der Waals surface area contributed by atoms with Crippen molar-refractivity contribution in [1.82, 2.24) is 19.8 Å². The van der Waals surface area contributed by atoms with Gasteiger partial charge in [-0.1, -0.05) is 6.42 Å². The molecule has 102 valence electrons. The van der Waals surface area contributed by atoms with Crippen LogP contribution in [-0.4, -0.2) is 46.7 Å². The smallest absolute Gasteiger partial charge is 0.0946 e. The molecule has 0 saturated carbocycles. The van der Waals surface area contributed by atoms with Gasteiger partial charge in [-0.15, -0.1) is 0 Å². The molecule has 0 aliphatic carbocycles. The summed E-state index contributed by atoms with van der Waals surface area (Å²) in [6.07, 6.45) is 11.2. The van der Waals surface area contributed by atoms with E-state index in [4.69, 9.17) is 0 Å². The number of aromatic nitrogens is 2. The van der Waals surface area contributed by atoms with Crippen molar-refractivity contribution < 1.29 is 0 Å². The maximum Gasteiger partial charge on any atom is 0.0946 e. The van der Waals surface area contributed by atoms with Crippen LogP contribution in [-0.2, 0) is 6.54 Å². The number of likely N-dealkylation sites (tertiary alicyclic amines) is 1. The van der Waals surface area contributed by atoms with Crippen molar-refractivity contribution in [2.24, 2.45) is 0 Å². The molecular formula is C14H26N4. The van der Waals surface area contributed by atoms with E-state index in [0.29, 0.717) is 6.04 Å². The first kappa shape index (κ1) is 13.6. The van der Waals surface area contributed by atoms with E-state index in [0.717, 1.165) is 19.1 Å². The summed E-state index contributed by atoms with van der Waals surface area (Å²) in [6.45, 7) is 5.63. The molecule has 1 aliphatic rings. The Balaban J connectivity index is 1.62. The van der Waals surface area contributed by atoms with Crippen LogP contribution < -0.4 is 5.32 Å². The summed E-state index contributed by atoms with van der Waals surface area (Å²) < 4.78 is 2.13. The normalized spacial score (nSPS) is 23.1. The van der Waals surface area contributed by atoms with E-state index in [1.165, 1.54) is 32.2 Å². The van der Waals surface area contributed by atoms with Gasteiger partial charge in [-0.2, -0.15) is 0 Å². The fraction of sp³-hybridized carbons (Fsp3) is 0.786. The second kappa shape index (κ2) is 6.90. The van der Waals surface area contributed by atoms with Gasteiger partial charge in [0.05, 0.1) is 6.33 Å². The third-order valence-electron chi connectivity index (χ3n) is 3.94. The molecule has 1 fully saturated rings. The van der Waals surface area contributed by atoms with Gasteiger partial charge in [0.1, 0.15) is 0 Å². The zero-order valence-electron chi connectivity index (χ0n) is 11.7. The standard InChI is InChI=1S/C14H26N4/c1-13(11-18-10-8-15-12-18)16-7-6-14-5-3-4-9-17(14)2/h8,10,12-14,16H,3-7,9,11H2,1-2H3.